The molecule has 1 aromatic rings. The quantitative estimate of drug-likeness (QED) is 0.909. The Morgan fingerprint density at radius 3 is 2.12 bits per heavy atom. The number of carbonyl (C=O) groups is 1. The summed E-state index contributed by atoms with van der Waals surface area (Å²) in [4.78, 5) is 26.0. The normalized spacial score (nSPS) is 22.6. The van der Waals surface area contributed by atoms with Crippen LogP contribution in [0.1, 0.15) is 51.4 Å². The molecule has 0 atom stereocenters. The minimum atomic E-state index is 0.175. The SMILES string of the molecule is O=C(NC1CC1)C1CCN(c2cnc(N3CCCCCC3)nc2)CC1. The average molecular weight is 343 g/mol. The van der Waals surface area contributed by atoms with Crippen LogP contribution in [0.3, 0.4) is 0 Å². The summed E-state index contributed by atoms with van der Waals surface area (Å²) in [6, 6.07) is 0.463. The van der Waals surface area contributed by atoms with Crippen molar-refractivity contribution in [2.24, 2.45) is 5.92 Å². The molecule has 0 unspecified atom stereocenters. The Balaban J connectivity index is 1.31. The lowest BCUT2D eigenvalue weighted by Crippen LogP contribution is -2.41. The molecule has 3 aliphatic rings. The molecule has 2 aliphatic heterocycles. The van der Waals surface area contributed by atoms with E-state index >= 15 is 0 Å². The highest BCUT2D eigenvalue weighted by Crippen LogP contribution is 2.25. The Morgan fingerprint density at radius 1 is 0.880 bits per heavy atom. The minimum Gasteiger partial charge on any atom is -0.369 e. The Morgan fingerprint density at radius 2 is 1.52 bits per heavy atom. The average Bonchev–Trinajstić information content (AvgIpc) is 3.49. The van der Waals surface area contributed by atoms with E-state index in [0.29, 0.717) is 6.04 Å². The van der Waals surface area contributed by atoms with Gasteiger partial charge in [0.2, 0.25) is 11.9 Å². The van der Waals surface area contributed by atoms with E-state index in [-0.39, 0.29) is 11.8 Å². The Bertz CT molecular complexity index is 570. The first kappa shape index (κ1) is 16.6. The molecule has 2 saturated heterocycles. The Hall–Kier alpha value is -1.85. The molecule has 25 heavy (non-hydrogen) atoms. The fraction of sp³-hybridized carbons (Fsp3) is 0.737. The topological polar surface area (TPSA) is 61.4 Å². The lowest BCUT2D eigenvalue weighted by Gasteiger charge is -2.32. The second-order valence-electron chi connectivity index (χ2n) is 7.69. The lowest BCUT2D eigenvalue weighted by molar-refractivity contribution is -0.125. The van der Waals surface area contributed by atoms with Gasteiger partial charge in [-0.15, -0.1) is 0 Å². The zero-order valence-electron chi connectivity index (χ0n) is 15.0. The van der Waals surface area contributed by atoms with Gasteiger partial charge >= 0.3 is 0 Å². The van der Waals surface area contributed by atoms with Crippen LogP contribution in [-0.2, 0) is 4.79 Å². The van der Waals surface area contributed by atoms with Crippen molar-refractivity contribution in [3.63, 3.8) is 0 Å². The summed E-state index contributed by atoms with van der Waals surface area (Å²) in [5, 5.41) is 3.14. The van der Waals surface area contributed by atoms with Crippen LogP contribution in [0.25, 0.3) is 0 Å². The van der Waals surface area contributed by atoms with Crippen molar-refractivity contribution in [3.8, 4) is 0 Å². The van der Waals surface area contributed by atoms with Crippen LogP contribution in [0.4, 0.5) is 11.6 Å². The maximum atomic E-state index is 12.2. The highest BCUT2D eigenvalue weighted by molar-refractivity contribution is 5.79. The molecule has 1 aliphatic carbocycles. The third-order valence-electron chi connectivity index (χ3n) is 5.67. The van der Waals surface area contributed by atoms with E-state index in [1.807, 2.05) is 12.4 Å². The fourth-order valence-electron chi connectivity index (χ4n) is 3.86. The van der Waals surface area contributed by atoms with Crippen LogP contribution in [0.5, 0.6) is 0 Å². The summed E-state index contributed by atoms with van der Waals surface area (Å²) in [5.41, 5.74) is 1.08. The molecular weight excluding hydrogens is 314 g/mol. The Labute approximate surface area is 150 Å². The van der Waals surface area contributed by atoms with Gasteiger partial charge < -0.3 is 15.1 Å². The van der Waals surface area contributed by atoms with Gasteiger partial charge in [-0.3, -0.25) is 4.79 Å². The lowest BCUT2D eigenvalue weighted by atomic mass is 9.95. The van der Waals surface area contributed by atoms with Gasteiger partial charge in [-0.1, -0.05) is 12.8 Å². The highest BCUT2D eigenvalue weighted by Gasteiger charge is 2.30. The number of piperidine rings is 1. The number of hydrogen-bond acceptors (Lipinski definition) is 5. The number of nitrogens with one attached hydrogen (secondary N) is 1. The summed E-state index contributed by atoms with van der Waals surface area (Å²) in [6.45, 7) is 3.96. The van der Waals surface area contributed by atoms with Crippen LogP contribution >= 0.6 is 0 Å². The molecule has 6 nitrogen and oxygen atoms in total. The number of amides is 1. The van der Waals surface area contributed by atoms with Gasteiger partial charge in [-0.2, -0.15) is 0 Å². The van der Waals surface area contributed by atoms with Crippen molar-refractivity contribution in [3.05, 3.63) is 12.4 Å². The molecule has 3 fully saturated rings. The first-order valence-corrected chi connectivity index (χ1v) is 9.92. The smallest absolute Gasteiger partial charge is 0.225 e. The van der Waals surface area contributed by atoms with E-state index in [1.165, 1.54) is 25.7 Å². The zero-order valence-corrected chi connectivity index (χ0v) is 15.0. The molecular formula is C19H29N5O. The van der Waals surface area contributed by atoms with Gasteiger partial charge in [0.15, 0.2) is 0 Å². The van der Waals surface area contributed by atoms with Crippen molar-refractivity contribution in [1.29, 1.82) is 0 Å². The molecule has 136 valence electrons. The number of hydrogen-bond donors (Lipinski definition) is 1. The summed E-state index contributed by atoms with van der Waals surface area (Å²) in [6.07, 6.45) is 13.2. The number of aromatic nitrogens is 2. The minimum absolute atomic E-state index is 0.175. The summed E-state index contributed by atoms with van der Waals surface area (Å²) >= 11 is 0. The molecule has 3 heterocycles. The second kappa shape index (κ2) is 7.58. The van der Waals surface area contributed by atoms with Crippen LogP contribution < -0.4 is 15.1 Å². The van der Waals surface area contributed by atoms with Gasteiger partial charge in [0, 0.05) is 38.1 Å². The number of rotatable bonds is 4. The maximum absolute atomic E-state index is 12.2. The molecule has 4 rings (SSSR count). The summed E-state index contributed by atoms with van der Waals surface area (Å²) < 4.78 is 0. The standard InChI is InChI=1S/C19H29N5O/c25-18(22-16-5-6-16)15-7-11-23(12-8-15)17-13-20-19(21-14-17)24-9-3-1-2-4-10-24/h13-16H,1-12H2,(H,22,25). The van der Waals surface area contributed by atoms with Crippen molar-refractivity contribution in [2.75, 3.05) is 36.0 Å². The Kier molecular flexibility index (Phi) is 5.04. The van der Waals surface area contributed by atoms with E-state index in [2.05, 4.69) is 25.1 Å². The van der Waals surface area contributed by atoms with Crippen LogP contribution in [0.2, 0.25) is 0 Å². The second-order valence-corrected chi connectivity index (χ2v) is 7.69. The first-order valence-electron chi connectivity index (χ1n) is 9.92. The van der Waals surface area contributed by atoms with E-state index < -0.39 is 0 Å². The van der Waals surface area contributed by atoms with Crippen molar-refractivity contribution < 1.29 is 4.79 Å². The van der Waals surface area contributed by atoms with Gasteiger partial charge in [-0.05, 0) is 38.5 Å². The maximum Gasteiger partial charge on any atom is 0.225 e. The third kappa shape index (κ3) is 4.22. The van der Waals surface area contributed by atoms with Crippen molar-refractivity contribution in [2.45, 2.75) is 57.4 Å². The van der Waals surface area contributed by atoms with Crippen LogP contribution in [0.15, 0.2) is 12.4 Å². The molecule has 1 aromatic heterocycles. The van der Waals surface area contributed by atoms with Gasteiger partial charge in [0.05, 0.1) is 18.1 Å². The van der Waals surface area contributed by atoms with Crippen LogP contribution in [-0.4, -0.2) is 48.1 Å². The third-order valence-corrected chi connectivity index (χ3v) is 5.67. The predicted octanol–water partition coefficient (Wildman–Crippen LogP) is 2.35. The van der Waals surface area contributed by atoms with E-state index in [0.717, 1.165) is 63.5 Å². The molecule has 0 bridgehead atoms. The molecule has 0 radical (unpaired) electrons. The van der Waals surface area contributed by atoms with Gasteiger partial charge in [0.1, 0.15) is 0 Å². The summed E-state index contributed by atoms with van der Waals surface area (Å²) in [5.74, 6) is 1.30. The van der Waals surface area contributed by atoms with Gasteiger partial charge in [0.25, 0.3) is 0 Å². The first-order chi connectivity index (χ1) is 12.3. The molecule has 0 aromatic carbocycles. The zero-order chi connectivity index (χ0) is 17.1. The molecule has 1 N–H and O–H groups in total. The fourth-order valence-corrected chi connectivity index (χ4v) is 3.86. The highest BCUT2D eigenvalue weighted by atomic mass is 16.2. The number of carbonyl (C=O) groups excluding carboxylic acids is 1. The predicted molar refractivity (Wildman–Crippen MR) is 98.8 cm³/mol. The molecule has 6 heteroatoms. The van der Waals surface area contributed by atoms with E-state index in [1.54, 1.807) is 0 Å². The number of nitrogens with zero attached hydrogens (tertiary/aromatic N) is 4. The molecule has 1 saturated carbocycles. The van der Waals surface area contributed by atoms with Crippen molar-refractivity contribution >= 4 is 17.5 Å². The largest absolute Gasteiger partial charge is 0.369 e. The van der Waals surface area contributed by atoms with Crippen LogP contribution in [0, 0.1) is 5.92 Å². The monoisotopic (exact) mass is 343 g/mol. The molecule has 0 spiro atoms. The van der Waals surface area contributed by atoms with E-state index in [4.69, 9.17) is 0 Å². The number of anilines is 2. The molecule has 1 amide bonds. The van der Waals surface area contributed by atoms with Crippen molar-refractivity contribution in [1.82, 2.24) is 15.3 Å². The summed E-state index contributed by atoms with van der Waals surface area (Å²) in [7, 11) is 0. The van der Waals surface area contributed by atoms with E-state index in [9.17, 15) is 4.79 Å². The van der Waals surface area contributed by atoms with Gasteiger partial charge in [-0.25, -0.2) is 9.97 Å².